The molecular formula is C42H63N6O15P3. The van der Waals surface area contributed by atoms with Crippen LogP contribution in [0.2, 0.25) is 0 Å². The minimum Gasteiger partial charge on any atom is -0.460 e. The Morgan fingerprint density at radius 1 is 0.394 bits per heavy atom. The molecule has 21 nitrogen and oxygen atoms in total. The van der Waals surface area contributed by atoms with Gasteiger partial charge in [-0.25, -0.2) is 15.3 Å². The van der Waals surface area contributed by atoms with Crippen molar-refractivity contribution in [2.24, 2.45) is 13.5 Å². The van der Waals surface area contributed by atoms with Gasteiger partial charge in [-0.3, -0.25) is 14.4 Å². The summed E-state index contributed by atoms with van der Waals surface area (Å²) in [7, 11) is -7.12. The number of ether oxygens (including phenoxy) is 9. The normalized spacial score (nSPS) is 19.0. The van der Waals surface area contributed by atoms with Gasteiger partial charge in [0.15, 0.2) is 0 Å². The van der Waals surface area contributed by atoms with E-state index in [1.165, 1.54) is 0 Å². The van der Waals surface area contributed by atoms with Crippen molar-refractivity contribution in [3.05, 3.63) is 108 Å². The van der Waals surface area contributed by atoms with Gasteiger partial charge in [0.25, 0.3) is 22.7 Å². The van der Waals surface area contributed by atoms with Crippen molar-refractivity contribution in [1.29, 1.82) is 0 Å². The minimum absolute atomic E-state index is 0.00382. The number of carbonyl (C=O) groups is 3. The topological polar surface area (TPSA) is 235 Å². The molecule has 0 aromatic heterocycles. The lowest BCUT2D eigenvalue weighted by Crippen LogP contribution is -2.29. The molecule has 0 bridgehead atoms. The van der Waals surface area contributed by atoms with Gasteiger partial charge in [0.05, 0.1) is 79.3 Å². The van der Waals surface area contributed by atoms with Crippen molar-refractivity contribution in [1.82, 2.24) is 15.3 Å². The van der Waals surface area contributed by atoms with Gasteiger partial charge in [-0.05, 0) is 16.7 Å². The predicted molar refractivity (Wildman–Crippen MR) is 247 cm³/mol. The highest BCUT2D eigenvalue weighted by Gasteiger charge is 2.41. The number of nitrogens with zero attached hydrogens (tertiary/aromatic N) is 3. The van der Waals surface area contributed by atoms with Gasteiger partial charge < -0.3 is 56.2 Å². The maximum absolute atomic E-state index is 13.5. The number of esters is 3. The molecule has 366 valence electrons. The van der Waals surface area contributed by atoms with Crippen molar-refractivity contribution in [2.45, 2.75) is 19.8 Å². The van der Waals surface area contributed by atoms with Gasteiger partial charge in [-0.2, -0.15) is 13.5 Å². The molecule has 0 fully saturated rings. The number of hydrogen-bond acceptors (Lipinski definition) is 21. The molecule has 3 aromatic carbocycles. The van der Waals surface area contributed by atoms with Crippen LogP contribution in [0.25, 0.3) is 0 Å². The van der Waals surface area contributed by atoms with E-state index in [4.69, 9.17) is 69.7 Å². The zero-order valence-electron chi connectivity index (χ0n) is 37.7. The van der Waals surface area contributed by atoms with Crippen molar-refractivity contribution in [2.75, 3.05) is 120 Å². The van der Waals surface area contributed by atoms with Gasteiger partial charge in [0, 0.05) is 21.3 Å². The predicted octanol–water partition coefficient (Wildman–Crippen LogP) is 5.88. The smallest absolute Gasteiger partial charge is 0.320 e. The number of benzene rings is 3. The molecule has 0 saturated heterocycles. The molecule has 3 aromatic rings. The number of rotatable bonds is 36. The zero-order valence-corrected chi connectivity index (χ0v) is 40.4. The second-order valence-electron chi connectivity index (χ2n) is 13.7. The molecule has 0 radical (unpaired) electrons. The van der Waals surface area contributed by atoms with Crippen molar-refractivity contribution < 1.29 is 70.6 Å². The first-order chi connectivity index (χ1) is 32.2. The third-order valence-corrected chi connectivity index (χ3v) is 17.7. The molecule has 0 saturated carbocycles. The van der Waals surface area contributed by atoms with Crippen LogP contribution in [0.4, 0.5) is 0 Å². The largest absolute Gasteiger partial charge is 0.460 e. The first kappa shape index (κ1) is 54.9. The lowest BCUT2D eigenvalue weighted by molar-refractivity contribution is -0.144. The van der Waals surface area contributed by atoms with Gasteiger partial charge in [0.2, 0.25) is 0 Å². The molecule has 0 amide bonds. The fourth-order valence-corrected chi connectivity index (χ4v) is 15.7. The average molecular weight is 985 g/mol. The van der Waals surface area contributed by atoms with E-state index >= 15 is 0 Å². The zero-order chi connectivity index (χ0) is 47.0. The standard InChI is InChI=1S/C42H63N6O15P3/c1-52-19-22-55-25-28-61-64(43-31-40(49)58-34-37-13-7-4-8-14-37)46-65(62-29-26-56-23-20-53-2,44-32-41(50)59-35-38-15-9-5-10-16-38)48-66(47-64,63-30-27-57-24-21-54-3)45-33-42(51)60-36-39-17-11-6-12-18-39/h4-18,43-45H,19-36H2,1-3H3. The van der Waals surface area contributed by atoms with E-state index in [1.807, 2.05) is 91.0 Å². The Morgan fingerprint density at radius 3 is 0.909 bits per heavy atom. The highest BCUT2D eigenvalue weighted by molar-refractivity contribution is 7.81. The third kappa shape index (κ3) is 21.9. The molecule has 1 aliphatic rings. The summed E-state index contributed by atoms with van der Waals surface area (Å²) < 4.78 is 84.1. The SMILES string of the molecule is COCCOCCOP1(NCC(=O)OCc2ccccc2)=NP(NCC(=O)OCc2ccccc2)(OCCOCCOC)=NP(NCC(=O)OCc2ccccc2)(OCCOCCOC)=N1. The summed E-state index contributed by atoms with van der Waals surface area (Å²) in [5, 5.41) is 9.35. The van der Waals surface area contributed by atoms with Gasteiger partial charge >= 0.3 is 17.9 Å². The van der Waals surface area contributed by atoms with E-state index in [-0.39, 0.29) is 79.3 Å². The minimum atomic E-state index is -3.93. The summed E-state index contributed by atoms with van der Waals surface area (Å²) in [5.74, 6) is -1.98. The maximum Gasteiger partial charge on any atom is 0.320 e. The highest BCUT2D eigenvalue weighted by atomic mass is 31.3. The van der Waals surface area contributed by atoms with Gasteiger partial charge in [-0.1, -0.05) is 91.0 Å². The molecule has 1 aliphatic heterocycles. The van der Waals surface area contributed by atoms with Crippen LogP contribution < -0.4 is 15.3 Å². The van der Waals surface area contributed by atoms with E-state index in [2.05, 4.69) is 15.3 Å². The first-order valence-electron chi connectivity index (χ1n) is 21.1. The summed E-state index contributed by atoms with van der Waals surface area (Å²) >= 11 is 0. The van der Waals surface area contributed by atoms with Crippen LogP contribution in [0.15, 0.2) is 105 Å². The second-order valence-corrected chi connectivity index (χ2v) is 20.8. The van der Waals surface area contributed by atoms with E-state index < -0.39 is 60.3 Å². The number of carbonyl (C=O) groups excluding carboxylic acids is 3. The van der Waals surface area contributed by atoms with Crippen LogP contribution in [0.1, 0.15) is 16.7 Å². The van der Waals surface area contributed by atoms with Crippen molar-refractivity contribution in [3.8, 4) is 0 Å². The van der Waals surface area contributed by atoms with Crippen LogP contribution in [0.3, 0.4) is 0 Å². The summed E-state index contributed by atoms with van der Waals surface area (Å²) in [6, 6.07) is 27.5. The Kier molecular flexibility index (Phi) is 26.7. The number of methoxy groups -OCH3 is 3. The molecule has 66 heavy (non-hydrogen) atoms. The summed E-state index contributed by atoms with van der Waals surface area (Å²) in [5.41, 5.74) is 2.32. The Balaban J connectivity index is 1.80. The Morgan fingerprint density at radius 2 is 0.652 bits per heavy atom. The van der Waals surface area contributed by atoms with Crippen LogP contribution in [0, 0.1) is 0 Å². The molecule has 24 heteroatoms. The van der Waals surface area contributed by atoms with Crippen LogP contribution in [-0.4, -0.2) is 138 Å². The van der Waals surface area contributed by atoms with Gasteiger partial charge in [0.1, 0.15) is 39.5 Å². The molecule has 1 heterocycles. The van der Waals surface area contributed by atoms with Gasteiger partial charge in [-0.15, -0.1) is 0 Å². The summed E-state index contributed by atoms with van der Waals surface area (Å²) in [6.07, 6.45) is 0. The van der Waals surface area contributed by atoms with Crippen LogP contribution in [0.5, 0.6) is 0 Å². The van der Waals surface area contributed by atoms with E-state index in [0.29, 0.717) is 19.8 Å². The Bertz CT molecular complexity index is 1780. The summed E-state index contributed by atoms with van der Waals surface area (Å²) in [4.78, 5) is 40.4. The third-order valence-electron chi connectivity index (χ3n) is 8.54. The molecule has 3 N–H and O–H groups in total. The van der Waals surface area contributed by atoms with Crippen molar-refractivity contribution >= 4 is 40.7 Å². The molecular weight excluding hydrogens is 921 g/mol. The lowest BCUT2D eigenvalue weighted by Gasteiger charge is -2.35. The second kappa shape index (κ2) is 32.1. The molecule has 0 spiro atoms. The van der Waals surface area contributed by atoms with Crippen LogP contribution >= 0.6 is 22.7 Å². The van der Waals surface area contributed by atoms with E-state index in [0.717, 1.165) is 16.7 Å². The van der Waals surface area contributed by atoms with Crippen LogP contribution in [-0.2, 0) is 90.4 Å². The van der Waals surface area contributed by atoms with E-state index in [9.17, 15) is 14.4 Å². The molecule has 4 rings (SSSR count). The first-order valence-corrected chi connectivity index (χ1v) is 25.9. The monoisotopic (exact) mass is 984 g/mol. The fourth-order valence-electron chi connectivity index (χ4n) is 5.30. The van der Waals surface area contributed by atoms with Crippen molar-refractivity contribution in [3.63, 3.8) is 0 Å². The Labute approximate surface area is 386 Å². The number of hydrogen-bond donors (Lipinski definition) is 3. The fraction of sp³-hybridized carbons (Fsp3) is 0.500. The molecule has 0 aliphatic carbocycles. The molecule has 0 unspecified atom stereocenters. The average Bonchev–Trinajstić information content (AvgIpc) is 3.34. The lowest BCUT2D eigenvalue weighted by atomic mass is 10.2. The Hall–Kier alpha value is -3.72. The highest BCUT2D eigenvalue weighted by Crippen LogP contribution is 2.75. The number of nitrogens with one attached hydrogen (secondary N) is 3. The van der Waals surface area contributed by atoms with E-state index in [1.54, 1.807) is 21.3 Å². The quantitative estimate of drug-likeness (QED) is 0.0267. The summed E-state index contributed by atoms with van der Waals surface area (Å²) in [6.45, 7) is 0.305. The maximum atomic E-state index is 13.5. The molecule has 0 atom stereocenters.